The van der Waals surface area contributed by atoms with E-state index in [0.717, 1.165) is 52.6 Å². The number of imide groups is 1. The first-order valence-corrected chi connectivity index (χ1v) is 16.9. The lowest BCUT2D eigenvalue weighted by Crippen LogP contribution is -2.59. The molecule has 1 heterocycles. The van der Waals surface area contributed by atoms with E-state index in [1.165, 1.54) is 20.3 Å². The lowest BCUT2D eigenvalue weighted by atomic mass is 9.83. The Hall–Kier alpha value is -3.01. The summed E-state index contributed by atoms with van der Waals surface area (Å²) in [6, 6.07) is 5.02. The third-order valence-corrected chi connectivity index (χ3v) is 10.4. The molecule has 0 radical (unpaired) electrons. The van der Waals surface area contributed by atoms with Crippen molar-refractivity contribution in [3.8, 4) is 0 Å². The highest BCUT2D eigenvalue weighted by molar-refractivity contribution is 7.86. The Morgan fingerprint density at radius 3 is 2.24 bits per heavy atom. The number of primary amides is 1. The number of aliphatic hydroxyl groups is 1. The maximum atomic E-state index is 13.9. The molecule has 0 spiro atoms. The first-order valence-electron chi connectivity index (χ1n) is 15.5. The van der Waals surface area contributed by atoms with Gasteiger partial charge in [0.25, 0.3) is 10.2 Å². The number of carbonyl (C=O) groups excluding carboxylic acids is 3. The normalized spacial score (nSPS) is 21.9. The lowest BCUT2D eigenvalue weighted by Gasteiger charge is -2.40. The number of benzene rings is 1. The Morgan fingerprint density at radius 2 is 1.69 bits per heavy atom. The summed E-state index contributed by atoms with van der Waals surface area (Å²) in [5.74, 6) is -1.49. The van der Waals surface area contributed by atoms with Gasteiger partial charge in [-0.15, -0.1) is 4.48 Å². The number of quaternary nitrogens is 1. The Kier molecular flexibility index (Phi) is 12.6. The summed E-state index contributed by atoms with van der Waals surface area (Å²) in [6.07, 6.45) is 5.25. The summed E-state index contributed by atoms with van der Waals surface area (Å²) < 4.78 is 34.2. The minimum Gasteiger partial charge on any atom is -0.461 e. The summed E-state index contributed by atoms with van der Waals surface area (Å²) >= 11 is 0. The lowest BCUT2D eigenvalue weighted by molar-refractivity contribution is -0.606. The second-order valence-corrected chi connectivity index (χ2v) is 14.6. The fourth-order valence-electron chi connectivity index (χ4n) is 6.05. The van der Waals surface area contributed by atoms with Gasteiger partial charge in [0.2, 0.25) is 6.34 Å². The van der Waals surface area contributed by atoms with Gasteiger partial charge >= 0.3 is 17.9 Å². The molecule has 45 heavy (non-hydrogen) atoms. The summed E-state index contributed by atoms with van der Waals surface area (Å²) in [5.41, 5.74) is 13.0. The molecule has 3 amide bonds. The minimum atomic E-state index is -4.21. The predicted octanol–water partition coefficient (Wildman–Crippen LogP) is 2.40. The molecule has 1 fully saturated rings. The summed E-state index contributed by atoms with van der Waals surface area (Å²) in [7, 11) is -1.46. The van der Waals surface area contributed by atoms with Crippen molar-refractivity contribution in [2.75, 3.05) is 14.1 Å². The van der Waals surface area contributed by atoms with Crippen molar-refractivity contribution in [2.24, 2.45) is 22.4 Å². The number of carbonyl (C=O) groups is 3. The average molecular weight is 650 g/mol. The molecule has 1 aromatic carbocycles. The van der Waals surface area contributed by atoms with E-state index in [4.69, 9.17) is 16.2 Å². The number of urea groups is 1. The molecule has 0 bridgehead atoms. The van der Waals surface area contributed by atoms with Crippen molar-refractivity contribution in [1.29, 1.82) is 0 Å². The summed E-state index contributed by atoms with van der Waals surface area (Å²) in [6.45, 7) is 4.93. The first kappa shape index (κ1) is 36.5. The number of aliphatic imine (C=N–C) groups is 1. The molecule has 2 aliphatic rings. The van der Waals surface area contributed by atoms with Crippen LogP contribution in [0.1, 0.15) is 71.3 Å². The molecule has 1 saturated carbocycles. The molecule has 250 valence electrons. The Morgan fingerprint density at radius 1 is 1.07 bits per heavy atom. The molecule has 0 saturated heterocycles. The number of amides is 3. The van der Waals surface area contributed by atoms with Crippen LogP contribution >= 0.6 is 0 Å². The van der Waals surface area contributed by atoms with Crippen molar-refractivity contribution in [1.82, 2.24) is 8.61 Å². The zero-order valence-electron chi connectivity index (χ0n) is 26.9. The average Bonchev–Trinajstić information content (AvgIpc) is 3.41. The smallest absolute Gasteiger partial charge is 0.432 e. The van der Waals surface area contributed by atoms with Gasteiger partial charge in [-0.05, 0) is 38.7 Å². The monoisotopic (exact) mass is 649 g/mol. The molecule has 13 nitrogen and oxygen atoms in total. The zero-order chi connectivity index (χ0) is 33.5. The van der Waals surface area contributed by atoms with Crippen LogP contribution in [0.25, 0.3) is 0 Å². The Bertz CT molecular complexity index is 1360. The fraction of sp³-hybridized carbons (Fsp3) is 0.613. The molecule has 5 N–H and O–H groups in total. The Balaban J connectivity index is 1.96. The number of hydrogen-bond donors (Lipinski definition) is 3. The van der Waals surface area contributed by atoms with Crippen LogP contribution in [0.3, 0.4) is 0 Å². The molecule has 1 aromatic rings. The maximum absolute atomic E-state index is 13.9. The van der Waals surface area contributed by atoms with Crippen LogP contribution in [0.2, 0.25) is 0 Å². The van der Waals surface area contributed by atoms with Crippen LogP contribution in [-0.2, 0) is 31.0 Å². The van der Waals surface area contributed by atoms with Gasteiger partial charge in [0.05, 0.1) is 12.1 Å². The van der Waals surface area contributed by atoms with E-state index < -0.39 is 62.9 Å². The van der Waals surface area contributed by atoms with E-state index in [9.17, 15) is 27.9 Å². The molecule has 14 heteroatoms. The van der Waals surface area contributed by atoms with Crippen LogP contribution in [0.5, 0.6) is 0 Å². The standard InChI is InChI=1S/C31H48N6O7S/c1-21(2)44-30(40)28(38)27(18-24-14-10-7-11-15-24)36(45(42,43)35(4)5)22(3)16-25-19-37(20-34-25,31(33)41)29(39)26(32)17-23-12-8-6-9-13-23/h6,8-9,12-13,19-22,24,26-28,38H,7,10-11,14-18,32H2,1-5H3,(H-,33,41)/p+1/t22?,26?,27?,28-,37+/m1/s1. The number of nitrogens with zero attached hydrogens (tertiary/aromatic N) is 4. The van der Waals surface area contributed by atoms with Crippen molar-refractivity contribution in [3.63, 3.8) is 0 Å². The van der Waals surface area contributed by atoms with Crippen molar-refractivity contribution in [3.05, 3.63) is 47.8 Å². The van der Waals surface area contributed by atoms with Gasteiger partial charge in [-0.1, -0.05) is 62.4 Å². The van der Waals surface area contributed by atoms with Gasteiger partial charge in [-0.2, -0.15) is 17.0 Å². The van der Waals surface area contributed by atoms with Gasteiger partial charge in [0, 0.05) is 33.0 Å². The largest absolute Gasteiger partial charge is 0.461 e. The number of rotatable bonds is 14. The molecule has 0 aromatic heterocycles. The van der Waals surface area contributed by atoms with Gasteiger partial charge in [-0.25, -0.2) is 19.4 Å². The quantitative estimate of drug-likeness (QED) is 0.203. The predicted molar refractivity (Wildman–Crippen MR) is 170 cm³/mol. The molecule has 3 rings (SSSR count). The Labute approximate surface area is 266 Å². The topological polar surface area (TPSA) is 186 Å². The van der Waals surface area contributed by atoms with E-state index in [1.807, 2.05) is 30.3 Å². The van der Waals surface area contributed by atoms with Gasteiger partial charge in [-0.3, -0.25) is 0 Å². The van der Waals surface area contributed by atoms with Gasteiger partial charge in [0.1, 0.15) is 17.9 Å². The second kappa shape index (κ2) is 15.5. The maximum Gasteiger partial charge on any atom is 0.432 e. The second-order valence-electron chi connectivity index (χ2n) is 12.5. The van der Waals surface area contributed by atoms with Crippen LogP contribution in [0.15, 0.2) is 47.2 Å². The van der Waals surface area contributed by atoms with E-state index in [1.54, 1.807) is 20.8 Å². The van der Waals surface area contributed by atoms with E-state index in [2.05, 4.69) is 4.99 Å². The van der Waals surface area contributed by atoms with Crippen LogP contribution in [-0.4, -0.2) is 95.3 Å². The summed E-state index contributed by atoms with van der Waals surface area (Å²) in [5, 5.41) is 11.3. The third kappa shape index (κ3) is 8.83. The minimum absolute atomic E-state index is 0.0504. The van der Waals surface area contributed by atoms with Crippen LogP contribution in [0.4, 0.5) is 4.79 Å². The molecular formula is C31H49N6O7S+. The summed E-state index contributed by atoms with van der Waals surface area (Å²) in [4.78, 5) is 43.5. The number of aliphatic hydroxyl groups excluding tert-OH is 1. The van der Waals surface area contributed by atoms with E-state index in [0.29, 0.717) is 0 Å². The number of ether oxygens (including phenoxy) is 1. The van der Waals surface area contributed by atoms with Gasteiger partial charge in [0.15, 0.2) is 6.10 Å². The van der Waals surface area contributed by atoms with Crippen molar-refractivity contribution >= 4 is 34.5 Å². The third-order valence-electron chi connectivity index (χ3n) is 8.35. The molecule has 1 aliphatic heterocycles. The zero-order valence-corrected chi connectivity index (χ0v) is 27.7. The highest BCUT2D eigenvalue weighted by Gasteiger charge is 2.49. The van der Waals surface area contributed by atoms with E-state index in [-0.39, 0.29) is 30.9 Å². The van der Waals surface area contributed by atoms with Crippen molar-refractivity contribution < 1.29 is 37.1 Å². The van der Waals surface area contributed by atoms with Gasteiger partial charge < -0.3 is 21.3 Å². The number of hydrogen-bond acceptors (Lipinski definition) is 9. The first-order chi connectivity index (χ1) is 21.1. The van der Waals surface area contributed by atoms with Crippen LogP contribution < -0.4 is 11.5 Å². The SMILES string of the molecule is CC(C)OC(=O)[C@H](O)C(CC1CCCCC1)N(C(C)CC1=C[N@@+](C(N)=O)(C(=O)C(N)Cc2ccccc2)C=N1)S(=O)(=O)N(C)C. The number of nitrogens with two attached hydrogens (primary N) is 2. The van der Waals surface area contributed by atoms with Crippen LogP contribution in [0, 0.1) is 5.92 Å². The highest BCUT2D eigenvalue weighted by atomic mass is 32.2. The fourth-order valence-corrected chi connectivity index (χ4v) is 7.50. The molecule has 1 aliphatic carbocycles. The highest BCUT2D eigenvalue weighted by Crippen LogP contribution is 2.34. The molecule has 5 atom stereocenters. The van der Waals surface area contributed by atoms with Crippen molar-refractivity contribution in [2.45, 2.75) is 102 Å². The number of esters is 1. The molecular weight excluding hydrogens is 600 g/mol. The molecule has 3 unspecified atom stereocenters. The van der Waals surface area contributed by atoms with E-state index >= 15 is 0 Å².